The van der Waals surface area contributed by atoms with Crippen molar-refractivity contribution in [3.63, 3.8) is 0 Å². The predicted octanol–water partition coefficient (Wildman–Crippen LogP) is 3.85. The molecule has 1 aromatic carbocycles. The van der Waals surface area contributed by atoms with Crippen molar-refractivity contribution in [2.45, 2.75) is 26.3 Å². The van der Waals surface area contributed by atoms with Gasteiger partial charge in [0.2, 0.25) is 0 Å². The first-order valence-corrected chi connectivity index (χ1v) is 6.62. The summed E-state index contributed by atoms with van der Waals surface area (Å²) in [5.41, 5.74) is 0.971. The molecular formula is C13H17Cl2NO2. The Morgan fingerprint density at radius 2 is 2.06 bits per heavy atom. The van der Waals surface area contributed by atoms with Crippen LogP contribution in [-0.2, 0) is 4.79 Å². The number of aliphatic carboxylic acids is 1. The fraction of sp³-hybridized carbons (Fsp3) is 0.462. The van der Waals surface area contributed by atoms with Gasteiger partial charge >= 0.3 is 5.97 Å². The molecule has 0 aromatic heterocycles. The van der Waals surface area contributed by atoms with Crippen LogP contribution >= 0.6 is 23.2 Å². The number of carboxylic acids is 1. The summed E-state index contributed by atoms with van der Waals surface area (Å²) in [4.78, 5) is 12.8. The SMILES string of the molecule is CCCN(CC(=O)O)C(C)c1ccc(Cl)c(Cl)c1. The van der Waals surface area contributed by atoms with Crippen LogP contribution in [0, 0.1) is 0 Å². The van der Waals surface area contributed by atoms with Gasteiger partial charge in [-0.05, 0) is 37.6 Å². The molecule has 0 aliphatic carbocycles. The van der Waals surface area contributed by atoms with Crippen LogP contribution in [0.2, 0.25) is 10.0 Å². The standard InChI is InChI=1S/C13H17Cl2NO2/c1-3-6-16(8-13(17)18)9(2)10-4-5-11(14)12(15)7-10/h4-5,7,9H,3,6,8H2,1-2H3,(H,17,18). The van der Waals surface area contributed by atoms with Crippen LogP contribution in [0.4, 0.5) is 0 Å². The van der Waals surface area contributed by atoms with E-state index in [-0.39, 0.29) is 12.6 Å². The fourth-order valence-electron chi connectivity index (χ4n) is 1.85. The van der Waals surface area contributed by atoms with Gasteiger partial charge in [0.15, 0.2) is 0 Å². The molecule has 0 bridgehead atoms. The number of halogens is 2. The van der Waals surface area contributed by atoms with Gasteiger partial charge in [-0.3, -0.25) is 9.69 Å². The van der Waals surface area contributed by atoms with E-state index in [1.807, 2.05) is 24.8 Å². The summed E-state index contributed by atoms with van der Waals surface area (Å²) in [5, 5.41) is 9.92. The molecule has 18 heavy (non-hydrogen) atoms. The minimum Gasteiger partial charge on any atom is -0.480 e. The van der Waals surface area contributed by atoms with Gasteiger partial charge in [0.05, 0.1) is 16.6 Å². The molecule has 1 rings (SSSR count). The highest BCUT2D eigenvalue weighted by Gasteiger charge is 2.18. The van der Waals surface area contributed by atoms with Gasteiger partial charge in [-0.25, -0.2) is 0 Å². The van der Waals surface area contributed by atoms with Crippen molar-refractivity contribution < 1.29 is 9.90 Å². The molecule has 3 nitrogen and oxygen atoms in total. The third-order valence-corrected chi connectivity index (χ3v) is 3.56. The van der Waals surface area contributed by atoms with Crippen LogP contribution in [0.1, 0.15) is 31.9 Å². The lowest BCUT2D eigenvalue weighted by Gasteiger charge is -2.27. The predicted molar refractivity (Wildman–Crippen MR) is 74.4 cm³/mol. The van der Waals surface area contributed by atoms with Gasteiger partial charge in [0.1, 0.15) is 0 Å². The smallest absolute Gasteiger partial charge is 0.317 e. The minimum absolute atomic E-state index is 0.00387. The van der Waals surface area contributed by atoms with Crippen LogP contribution in [-0.4, -0.2) is 29.1 Å². The Labute approximate surface area is 117 Å². The van der Waals surface area contributed by atoms with Crippen LogP contribution in [0.3, 0.4) is 0 Å². The molecule has 0 amide bonds. The summed E-state index contributed by atoms with van der Waals surface area (Å²) < 4.78 is 0. The normalized spacial score (nSPS) is 12.7. The Hall–Kier alpha value is -0.770. The van der Waals surface area contributed by atoms with Crippen LogP contribution in [0.15, 0.2) is 18.2 Å². The maximum atomic E-state index is 10.9. The summed E-state index contributed by atoms with van der Waals surface area (Å²) in [6.45, 7) is 4.75. The molecule has 0 heterocycles. The third-order valence-electron chi connectivity index (χ3n) is 2.82. The van der Waals surface area contributed by atoms with Crippen molar-refractivity contribution in [1.82, 2.24) is 4.90 Å². The molecule has 0 radical (unpaired) electrons. The number of hydrogen-bond donors (Lipinski definition) is 1. The first-order valence-electron chi connectivity index (χ1n) is 5.86. The van der Waals surface area contributed by atoms with E-state index in [2.05, 4.69) is 0 Å². The summed E-state index contributed by atoms with van der Waals surface area (Å²) in [6, 6.07) is 5.40. The maximum absolute atomic E-state index is 10.9. The molecule has 1 unspecified atom stereocenters. The van der Waals surface area contributed by atoms with Crippen molar-refractivity contribution >= 4 is 29.2 Å². The third kappa shape index (κ3) is 4.16. The Balaban J connectivity index is 2.89. The lowest BCUT2D eigenvalue weighted by atomic mass is 10.1. The van der Waals surface area contributed by atoms with E-state index in [9.17, 15) is 4.79 Å². The lowest BCUT2D eigenvalue weighted by Crippen LogP contribution is -2.33. The second kappa shape index (κ2) is 6.98. The van der Waals surface area contributed by atoms with Crippen molar-refractivity contribution in [1.29, 1.82) is 0 Å². The highest BCUT2D eigenvalue weighted by molar-refractivity contribution is 6.42. The molecule has 0 aliphatic rings. The second-order valence-corrected chi connectivity index (χ2v) is 5.03. The Kier molecular flexibility index (Phi) is 5.93. The van der Waals surface area contributed by atoms with Crippen LogP contribution in [0.5, 0.6) is 0 Å². The Bertz CT molecular complexity index is 423. The zero-order chi connectivity index (χ0) is 13.7. The minimum atomic E-state index is -0.824. The number of carbonyl (C=O) groups is 1. The molecule has 0 aliphatic heterocycles. The summed E-state index contributed by atoms with van der Waals surface area (Å²) >= 11 is 11.8. The van der Waals surface area contributed by atoms with E-state index in [4.69, 9.17) is 28.3 Å². The highest BCUT2D eigenvalue weighted by Crippen LogP contribution is 2.28. The molecule has 1 aromatic rings. The maximum Gasteiger partial charge on any atom is 0.317 e. The van der Waals surface area contributed by atoms with E-state index in [1.54, 1.807) is 12.1 Å². The van der Waals surface area contributed by atoms with Crippen molar-refractivity contribution in [3.8, 4) is 0 Å². The fourth-order valence-corrected chi connectivity index (χ4v) is 2.16. The van der Waals surface area contributed by atoms with Crippen molar-refractivity contribution in [2.75, 3.05) is 13.1 Å². The highest BCUT2D eigenvalue weighted by atomic mass is 35.5. The summed E-state index contributed by atoms with van der Waals surface area (Å²) in [7, 11) is 0. The van der Waals surface area contributed by atoms with E-state index in [0.717, 1.165) is 18.5 Å². The Morgan fingerprint density at radius 3 is 2.56 bits per heavy atom. The molecule has 1 N–H and O–H groups in total. The number of rotatable bonds is 6. The molecule has 0 fully saturated rings. The second-order valence-electron chi connectivity index (χ2n) is 4.21. The monoisotopic (exact) mass is 289 g/mol. The largest absolute Gasteiger partial charge is 0.480 e. The molecule has 0 saturated heterocycles. The zero-order valence-corrected chi connectivity index (χ0v) is 12.0. The van der Waals surface area contributed by atoms with Gasteiger partial charge in [-0.15, -0.1) is 0 Å². The first kappa shape index (κ1) is 15.3. The molecule has 0 spiro atoms. The number of hydrogen-bond acceptors (Lipinski definition) is 2. The molecule has 5 heteroatoms. The summed E-state index contributed by atoms with van der Waals surface area (Å²) in [5.74, 6) is -0.824. The van der Waals surface area contributed by atoms with Gasteiger partial charge in [0, 0.05) is 6.04 Å². The van der Waals surface area contributed by atoms with E-state index in [1.165, 1.54) is 0 Å². The van der Waals surface area contributed by atoms with E-state index in [0.29, 0.717) is 10.0 Å². The van der Waals surface area contributed by atoms with Crippen LogP contribution < -0.4 is 0 Å². The van der Waals surface area contributed by atoms with E-state index >= 15 is 0 Å². The quantitative estimate of drug-likeness (QED) is 0.865. The molecular weight excluding hydrogens is 273 g/mol. The Morgan fingerprint density at radius 1 is 1.39 bits per heavy atom. The molecule has 1 atom stereocenters. The average Bonchev–Trinajstić information content (AvgIpc) is 2.31. The van der Waals surface area contributed by atoms with Crippen molar-refractivity contribution in [3.05, 3.63) is 33.8 Å². The topological polar surface area (TPSA) is 40.5 Å². The molecule has 100 valence electrons. The first-order chi connectivity index (χ1) is 8.45. The number of benzene rings is 1. The van der Waals surface area contributed by atoms with Crippen molar-refractivity contribution in [2.24, 2.45) is 0 Å². The van der Waals surface area contributed by atoms with Gasteiger partial charge in [-0.1, -0.05) is 36.2 Å². The number of carboxylic acid groups (broad SMARTS) is 1. The number of nitrogens with zero attached hydrogens (tertiary/aromatic N) is 1. The van der Waals surface area contributed by atoms with Gasteiger partial charge in [0.25, 0.3) is 0 Å². The van der Waals surface area contributed by atoms with Gasteiger partial charge < -0.3 is 5.11 Å². The van der Waals surface area contributed by atoms with E-state index < -0.39 is 5.97 Å². The molecule has 0 saturated carbocycles. The lowest BCUT2D eigenvalue weighted by molar-refractivity contribution is -0.138. The average molecular weight is 290 g/mol. The summed E-state index contributed by atoms with van der Waals surface area (Å²) in [6.07, 6.45) is 0.902. The zero-order valence-electron chi connectivity index (χ0n) is 10.5. The van der Waals surface area contributed by atoms with Gasteiger partial charge in [-0.2, -0.15) is 0 Å². The van der Waals surface area contributed by atoms with Crippen LogP contribution in [0.25, 0.3) is 0 Å².